The molecule has 2 N–H and O–H groups in total. The van der Waals surface area contributed by atoms with E-state index in [1.807, 2.05) is 30.3 Å². The van der Waals surface area contributed by atoms with Gasteiger partial charge in [0.2, 0.25) is 0 Å². The fourth-order valence-electron chi connectivity index (χ4n) is 2.25. The summed E-state index contributed by atoms with van der Waals surface area (Å²) in [4.78, 5) is 19.4. The van der Waals surface area contributed by atoms with Crippen LogP contribution in [0.2, 0.25) is 0 Å². The molecule has 1 amide bonds. The third-order valence-electron chi connectivity index (χ3n) is 3.37. The summed E-state index contributed by atoms with van der Waals surface area (Å²) in [5.41, 5.74) is 2.89. The Bertz CT molecular complexity index is 748. The maximum atomic E-state index is 12.4. The molecule has 0 radical (unpaired) electrons. The van der Waals surface area contributed by atoms with E-state index in [0.717, 1.165) is 11.3 Å². The van der Waals surface area contributed by atoms with Gasteiger partial charge in [-0.1, -0.05) is 35.5 Å². The fourth-order valence-corrected chi connectivity index (χ4v) is 2.25. The highest BCUT2D eigenvalue weighted by Crippen LogP contribution is 2.24. The lowest BCUT2D eigenvalue weighted by molar-refractivity contribution is 0.0953. The first-order valence-electron chi connectivity index (χ1n) is 7.03. The molecule has 0 unspecified atom stereocenters. The number of nitrogens with one attached hydrogen (secondary N) is 2. The van der Waals surface area contributed by atoms with Gasteiger partial charge in [-0.15, -0.1) is 0 Å². The molecule has 6 nitrogen and oxygen atoms in total. The highest BCUT2D eigenvalue weighted by Gasteiger charge is 2.21. The summed E-state index contributed by atoms with van der Waals surface area (Å²) in [6.07, 6.45) is 4.05. The number of nitrogens with zero attached hydrogens (tertiary/aromatic N) is 2. The van der Waals surface area contributed by atoms with Crippen LogP contribution in [0.25, 0.3) is 11.3 Å². The Morgan fingerprint density at radius 3 is 2.86 bits per heavy atom. The minimum atomic E-state index is -0.183. The van der Waals surface area contributed by atoms with Gasteiger partial charge in [-0.2, -0.15) is 0 Å². The number of aromatic nitrogens is 3. The van der Waals surface area contributed by atoms with Crippen molar-refractivity contribution in [2.45, 2.75) is 13.3 Å². The molecule has 0 aliphatic heterocycles. The monoisotopic (exact) mass is 296 g/mol. The number of rotatable bonds is 5. The number of hydrogen-bond donors (Lipinski definition) is 2. The number of carbonyl (C=O) groups excluding carboxylic acids is 1. The largest absolute Gasteiger partial charge is 0.360 e. The first kappa shape index (κ1) is 14.1. The van der Waals surface area contributed by atoms with Crippen LogP contribution in [0, 0.1) is 6.92 Å². The first-order chi connectivity index (χ1) is 10.8. The Hall–Kier alpha value is -2.89. The van der Waals surface area contributed by atoms with Crippen molar-refractivity contribution in [3.8, 4) is 11.3 Å². The van der Waals surface area contributed by atoms with Gasteiger partial charge in [-0.25, -0.2) is 4.98 Å². The van der Waals surface area contributed by atoms with Crippen molar-refractivity contribution in [1.82, 2.24) is 20.4 Å². The zero-order valence-corrected chi connectivity index (χ0v) is 12.2. The van der Waals surface area contributed by atoms with Gasteiger partial charge in [0.25, 0.3) is 5.91 Å². The van der Waals surface area contributed by atoms with E-state index in [4.69, 9.17) is 4.52 Å². The van der Waals surface area contributed by atoms with Gasteiger partial charge in [-0.3, -0.25) is 4.79 Å². The zero-order chi connectivity index (χ0) is 15.4. The second kappa shape index (κ2) is 6.26. The number of benzene rings is 1. The summed E-state index contributed by atoms with van der Waals surface area (Å²) >= 11 is 0. The van der Waals surface area contributed by atoms with Gasteiger partial charge in [0.05, 0.1) is 6.33 Å². The van der Waals surface area contributed by atoms with Crippen molar-refractivity contribution < 1.29 is 9.32 Å². The molecule has 0 spiro atoms. The summed E-state index contributed by atoms with van der Waals surface area (Å²) in [5, 5.41) is 6.90. The predicted octanol–water partition coefficient (Wildman–Crippen LogP) is 2.35. The molecule has 0 aliphatic rings. The number of aromatic amines is 1. The molecule has 0 saturated heterocycles. The maximum Gasteiger partial charge on any atom is 0.257 e. The SMILES string of the molecule is Cc1onc(-c2ccccc2)c1C(=O)NCCc1cnc[nH]1. The molecule has 0 bridgehead atoms. The van der Waals surface area contributed by atoms with E-state index in [0.29, 0.717) is 30.0 Å². The smallest absolute Gasteiger partial charge is 0.257 e. The molecule has 0 aliphatic carbocycles. The lowest BCUT2D eigenvalue weighted by Crippen LogP contribution is -2.26. The van der Waals surface area contributed by atoms with Gasteiger partial charge in [0.1, 0.15) is 17.0 Å². The molecule has 2 heterocycles. The molecule has 6 heteroatoms. The van der Waals surface area contributed by atoms with Gasteiger partial charge >= 0.3 is 0 Å². The highest BCUT2D eigenvalue weighted by atomic mass is 16.5. The van der Waals surface area contributed by atoms with E-state index in [1.54, 1.807) is 19.4 Å². The second-order valence-electron chi connectivity index (χ2n) is 4.91. The van der Waals surface area contributed by atoms with Gasteiger partial charge in [0, 0.05) is 30.4 Å². The average molecular weight is 296 g/mol. The molecule has 112 valence electrons. The van der Waals surface area contributed by atoms with Crippen LogP contribution in [0.3, 0.4) is 0 Å². The van der Waals surface area contributed by atoms with Crippen molar-refractivity contribution in [2.75, 3.05) is 6.54 Å². The van der Waals surface area contributed by atoms with E-state index in [-0.39, 0.29) is 5.91 Å². The van der Waals surface area contributed by atoms with Crippen LogP contribution in [0.4, 0.5) is 0 Å². The molecule has 22 heavy (non-hydrogen) atoms. The summed E-state index contributed by atoms with van der Waals surface area (Å²) in [7, 11) is 0. The third kappa shape index (κ3) is 2.90. The number of hydrogen-bond acceptors (Lipinski definition) is 4. The summed E-state index contributed by atoms with van der Waals surface area (Å²) in [6.45, 7) is 2.25. The van der Waals surface area contributed by atoms with Crippen molar-refractivity contribution >= 4 is 5.91 Å². The standard InChI is InChI=1S/C16H16N4O2/c1-11-14(15(20-22-11)12-5-3-2-4-6-12)16(21)18-8-7-13-9-17-10-19-13/h2-6,9-10H,7-8H2,1H3,(H,17,19)(H,18,21). The van der Waals surface area contributed by atoms with E-state index in [9.17, 15) is 4.79 Å². The topological polar surface area (TPSA) is 83.8 Å². The van der Waals surface area contributed by atoms with E-state index >= 15 is 0 Å². The molecule has 0 fully saturated rings. The zero-order valence-electron chi connectivity index (χ0n) is 12.2. The van der Waals surface area contributed by atoms with Gasteiger partial charge in [-0.05, 0) is 6.92 Å². The molecule has 3 rings (SSSR count). The quantitative estimate of drug-likeness (QED) is 0.757. The first-order valence-corrected chi connectivity index (χ1v) is 7.03. The van der Waals surface area contributed by atoms with Crippen LogP contribution < -0.4 is 5.32 Å². The Balaban J connectivity index is 1.73. The van der Waals surface area contributed by atoms with Crippen molar-refractivity contribution in [3.05, 3.63) is 59.9 Å². The Morgan fingerprint density at radius 2 is 2.14 bits per heavy atom. The van der Waals surface area contributed by atoms with Crippen LogP contribution in [0.15, 0.2) is 47.4 Å². The predicted molar refractivity (Wildman–Crippen MR) is 81.3 cm³/mol. The number of aryl methyl sites for hydroxylation is 1. The summed E-state index contributed by atoms with van der Waals surface area (Å²) in [6, 6.07) is 9.52. The minimum Gasteiger partial charge on any atom is -0.360 e. The Kier molecular flexibility index (Phi) is 4.00. The summed E-state index contributed by atoms with van der Waals surface area (Å²) in [5.74, 6) is 0.329. The number of carbonyl (C=O) groups is 1. The van der Waals surface area contributed by atoms with Crippen LogP contribution in [0.5, 0.6) is 0 Å². The molecule has 3 aromatic rings. The fraction of sp³-hybridized carbons (Fsp3) is 0.188. The molecule has 2 aromatic heterocycles. The van der Waals surface area contributed by atoms with E-state index in [2.05, 4.69) is 20.4 Å². The number of amides is 1. The molecule has 0 saturated carbocycles. The molecule has 0 atom stereocenters. The normalized spacial score (nSPS) is 10.6. The van der Waals surface area contributed by atoms with Gasteiger partial charge < -0.3 is 14.8 Å². The van der Waals surface area contributed by atoms with Crippen LogP contribution >= 0.6 is 0 Å². The van der Waals surface area contributed by atoms with Gasteiger partial charge in [0.15, 0.2) is 0 Å². The Morgan fingerprint density at radius 1 is 1.32 bits per heavy atom. The van der Waals surface area contributed by atoms with Crippen LogP contribution in [-0.2, 0) is 6.42 Å². The lowest BCUT2D eigenvalue weighted by Gasteiger charge is -2.05. The van der Waals surface area contributed by atoms with E-state index in [1.165, 1.54) is 0 Å². The highest BCUT2D eigenvalue weighted by molar-refractivity contribution is 6.00. The summed E-state index contributed by atoms with van der Waals surface area (Å²) < 4.78 is 5.20. The maximum absolute atomic E-state index is 12.4. The minimum absolute atomic E-state index is 0.183. The molecular weight excluding hydrogens is 280 g/mol. The number of imidazole rings is 1. The van der Waals surface area contributed by atoms with Crippen molar-refractivity contribution in [1.29, 1.82) is 0 Å². The Labute approximate surface area is 127 Å². The third-order valence-corrected chi connectivity index (χ3v) is 3.37. The van der Waals surface area contributed by atoms with Crippen molar-refractivity contribution in [3.63, 3.8) is 0 Å². The van der Waals surface area contributed by atoms with Crippen molar-refractivity contribution in [2.24, 2.45) is 0 Å². The molecule has 1 aromatic carbocycles. The lowest BCUT2D eigenvalue weighted by atomic mass is 10.1. The van der Waals surface area contributed by atoms with E-state index < -0.39 is 0 Å². The van der Waals surface area contributed by atoms with Crippen LogP contribution in [0.1, 0.15) is 21.8 Å². The number of H-pyrrole nitrogens is 1. The van der Waals surface area contributed by atoms with Crippen LogP contribution in [-0.4, -0.2) is 27.6 Å². The average Bonchev–Trinajstić information content (AvgIpc) is 3.17. The molecular formula is C16H16N4O2. The second-order valence-corrected chi connectivity index (χ2v) is 4.91.